The van der Waals surface area contributed by atoms with Crippen LogP contribution in [0.3, 0.4) is 0 Å². The van der Waals surface area contributed by atoms with Gasteiger partial charge in [0.15, 0.2) is 0 Å². The Morgan fingerprint density at radius 3 is 2.38 bits per heavy atom. The van der Waals surface area contributed by atoms with E-state index in [1.165, 1.54) is 0 Å². The van der Waals surface area contributed by atoms with Crippen molar-refractivity contribution in [2.45, 2.75) is 40.3 Å². The molecule has 0 rings (SSSR count). The maximum atomic E-state index is 9.49. The standard InChI is InChI=1S/C10H23NO2/c1-5-9(4)10(12)11-7-13-6-8(2)3/h8-12H,5-7H2,1-4H3. The van der Waals surface area contributed by atoms with Gasteiger partial charge in [0.2, 0.25) is 0 Å². The molecule has 2 atom stereocenters. The first-order valence-electron chi connectivity index (χ1n) is 5.07. The van der Waals surface area contributed by atoms with Crippen LogP contribution < -0.4 is 5.32 Å². The molecular formula is C10H23NO2. The lowest BCUT2D eigenvalue weighted by Crippen LogP contribution is -2.36. The number of ether oxygens (including phenoxy) is 1. The number of rotatable bonds is 7. The molecule has 0 spiro atoms. The van der Waals surface area contributed by atoms with Gasteiger partial charge in [0.1, 0.15) is 6.23 Å². The quantitative estimate of drug-likeness (QED) is 0.472. The number of nitrogens with one attached hydrogen (secondary N) is 1. The fraction of sp³-hybridized carbons (Fsp3) is 1.00. The molecular weight excluding hydrogens is 166 g/mol. The number of aliphatic hydroxyl groups is 1. The maximum Gasteiger partial charge on any atom is 0.109 e. The van der Waals surface area contributed by atoms with Crippen molar-refractivity contribution in [3.63, 3.8) is 0 Å². The van der Waals surface area contributed by atoms with Gasteiger partial charge in [-0.25, -0.2) is 0 Å². The van der Waals surface area contributed by atoms with Gasteiger partial charge in [0.05, 0.1) is 13.3 Å². The molecule has 3 heteroatoms. The van der Waals surface area contributed by atoms with E-state index >= 15 is 0 Å². The monoisotopic (exact) mass is 189 g/mol. The van der Waals surface area contributed by atoms with Crippen molar-refractivity contribution in [2.75, 3.05) is 13.3 Å². The highest BCUT2D eigenvalue weighted by molar-refractivity contribution is 4.58. The summed E-state index contributed by atoms with van der Waals surface area (Å²) in [5.41, 5.74) is 0. The summed E-state index contributed by atoms with van der Waals surface area (Å²) in [4.78, 5) is 0. The second kappa shape index (κ2) is 7.30. The van der Waals surface area contributed by atoms with Crippen molar-refractivity contribution in [3.8, 4) is 0 Å². The predicted molar refractivity (Wildman–Crippen MR) is 54.3 cm³/mol. The largest absolute Gasteiger partial charge is 0.378 e. The van der Waals surface area contributed by atoms with E-state index in [1.54, 1.807) is 0 Å². The van der Waals surface area contributed by atoms with E-state index in [0.717, 1.165) is 13.0 Å². The van der Waals surface area contributed by atoms with Crippen LogP contribution in [0.2, 0.25) is 0 Å². The van der Waals surface area contributed by atoms with Crippen LogP contribution in [-0.2, 0) is 4.74 Å². The van der Waals surface area contributed by atoms with E-state index in [2.05, 4.69) is 26.1 Å². The summed E-state index contributed by atoms with van der Waals surface area (Å²) < 4.78 is 5.29. The zero-order valence-electron chi connectivity index (χ0n) is 9.21. The molecule has 0 aromatic carbocycles. The minimum Gasteiger partial charge on any atom is -0.378 e. The lowest BCUT2D eigenvalue weighted by molar-refractivity contribution is 0.0173. The molecule has 0 radical (unpaired) electrons. The van der Waals surface area contributed by atoms with Gasteiger partial charge in [-0.15, -0.1) is 0 Å². The van der Waals surface area contributed by atoms with Crippen LogP contribution in [0.4, 0.5) is 0 Å². The van der Waals surface area contributed by atoms with Gasteiger partial charge in [-0.1, -0.05) is 27.7 Å². The van der Waals surface area contributed by atoms with Gasteiger partial charge >= 0.3 is 0 Å². The van der Waals surface area contributed by atoms with Crippen LogP contribution >= 0.6 is 0 Å². The average molecular weight is 189 g/mol. The summed E-state index contributed by atoms with van der Waals surface area (Å²) >= 11 is 0. The minimum atomic E-state index is -0.447. The molecule has 0 aliphatic carbocycles. The molecule has 0 saturated heterocycles. The van der Waals surface area contributed by atoms with Gasteiger partial charge in [-0.3, -0.25) is 5.32 Å². The molecule has 2 N–H and O–H groups in total. The molecule has 0 aliphatic heterocycles. The van der Waals surface area contributed by atoms with E-state index in [9.17, 15) is 5.11 Å². The normalized spacial score (nSPS) is 16.2. The first-order chi connectivity index (χ1) is 6.07. The smallest absolute Gasteiger partial charge is 0.109 e. The summed E-state index contributed by atoms with van der Waals surface area (Å²) in [6.45, 7) is 9.45. The highest BCUT2D eigenvalue weighted by Crippen LogP contribution is 2.04. The van der Waals surface area contributed by atoms with Crippen LogP contribution in [0.1, 0.15) is 34.1 Å². The number of hydrogen-bond donors (Lipinski definition) is 2. The van der Waals surface area contributed by atoms with Crippen LogP contribution in [-0.4, -0.2) is 24.7 Å². The van der Waals surface area contributed by atoms with E-state index in [0.29, 0.717) is 12.6 Å². The van der Waals surface area contributed by atoms with Gasteiger partial charge in [0.25, 0.3) is 0 Å². The Morgan fingerprint density at radius 1 is 1.31 bits per heavy atom. The SMILES string of the molecule is CCC(C)C(O)NCOCC(C)C. The minimum absolute atomic E-state index is 0.280. The Kier molecular flexibility index (Phi) is 7.23. The van der Waals surface area contributed by atoms with Gasteiger partial charge < -0.3 is 9.84 Å². The fourth-order valence-corrected chi connectivity index (χ4v) is 0.863. The Labute approximate surface area is 81.5 Å². The second-order valence-electron chi connectivity index (χ2n) is 3.94. The van der Waals surface area contributed by atoms with Crippen molar-refractivity contribution in [3.05, 3.63) is 0 Å². The predicted octanol–water partition coefficient (Wildman–Crippen LogP) is 1.57. The molecule has 80 valence electrons. The van der Waals surface area contributed by atoms with Crippen LogP contribution in [0.25, 0.3) is 0 Å². The molecule has 0 saturated carbocycles. The molecule has 0 fully saturated rings. The first kappa shape index (κ1) is 12.9. The maximum absolute atomic E-state index is 9.49. The Hall–Kier alpha value is -0.120. The molecule has 0 aromatic rings. The third-order valence-electron chi connectivity index (χ3n) is 2.03. The third-order valence-corrected chi connectivity index (χ3v) is 2.03. The van der Waals surface area contributed by atoms with E-state index in [1.807, 2.05) is 6.92 Å². The summed E-state index contributed by atoms with van der Waals surface area (Å²) in [6.07, 6.45) is 0.524. The van der Waals surface area contributed by atoms with Crippen LogP contribution in [0, 0.1) is 11.8 Å². The Balaban J connectivity index is 3.31. The zero-order valence-corrected chi connectivity index (χ0v) is 9.21. The first-order valence-corrected chi connectivity index (χ1v) is 5.07. The highest BCUT2D eigenvalue weighted by atomic mass is 16.5. The summed E-state index contributed by atoms with van der Waals surface area (Å²) in [5.74, 6) is 0.824. The fourth-order valence-electron chi connectivity index (χ4n) is 0.863. The molecule has 0 bridgehead atoms. The molecule has 0 aliphatic rings. The van der Waals surface area contributed by atoms with Crippen molar-refractivity contribution in [1.29, 1.82) is 0 Å². The van der Waals surface area contributed by atoms with Gasteiger partial charge in [0, 0.05) is 0 Å². The van der Waals surface area contributed by atoms with Crippen molar-refractivity contribution in [1.82, 2.24) is 5.32 Å². The van der Waals surface area contributed by atoms with E-state index in [-0.39, 0.29) is 5.92 Å². The van der Waals surface area contributed by atoms with Crippen molar-refractivity contribution >= 4 is 0 Å². The molecule has 0 aromatic heterocycles. The zero-order chi connectivity index (χ0) is 10.3. The van der Waals surface area contributed by atoms with Crippen molar-refractivity contribution in [2.24, 2.45) is 11.8 Å². The molecule has 2 unspecified atom stereocenters. The second-order valence-corrected chi connectivity index (χ2v) is 3.94. The highest BCUT2D eigenvalue weighted by Gasteiger charge is 2.10. The molecule has 0 heterocycles. The lowest BCUT2D eigenvalue weighted by Gasteiger charge is -2.18. The summed E-state index contributed by atoms with van der Waals surface area (Å²) in [7, 11) is 0. The van der Waals surface area contributed by atoms with E-state index < -0.39 is 6.23 Å². The van der Waals surface area contributed by atoms with Crippen LogP contribution in [0.5, 0.6) is 0 Å². The average Bonchev–Trinajstić information content (AvgIpc) is 2.10. The van der Waals surface area contributed by atoms with E-state index in [4.69, 9.17) is 4.74 Å². The lowest BCUT2D eigenvalue weighted by atomic mass is 10.1. The summed E-state index contributed by atoms with van der Waals surface area (Å²) in [6, 6.07) is 0. The van der Waals surface area contributed by atoms with Crippen molar-refractivity contribution < 1.29 is 9.84 Å². The van der Waals surface area contributed by atoms with Gasteiger partial charge in [-0.05, 0) is 18.3 Å². The number of aliphatic hydroxyl groups excluding tert-OH is 1. The Morgan fingerprint density at radius 2 is 1.92 bits per heavy atom. The molecule has 13 heavy (non-hydrogen) atoms. The molecule has 3 nitrogen and oxygen atoms in total. The number of hydrogen-bond acceptors (Lipinski definition) is 3. The topological polar surface area (TPSA) is 41.5 Å². The van der Waals surface area contributed by atoms with Crippen LogP contribution in [0.15, 0.2) is 0 Å². The molecule has 0 amide bonds. The summed E-state index contributed by atoms with van der Waals surface area (Å²) in [5, 5.41) is 12.4. The third kappa shape index (κ3) is 6.99. The Bertz CT molecular complexity index is 117. The van der Waals surface area contributed by atoms with Gasteiger partial charge in [-0.2, -0.15) is 0 Å².